The summed E-state index contributed by atoms with van der Waals surface area (Å²) in [6.45, 7) is 3.62. The van der Waals surface area contributed by atoms with Crippen molar-refractivity contribution < 1.29 is 0 Å². The highest BCUT2D eigenvalue weighted by Crippen LogP contribution is 2.11. The van der Waals surface area contributed by atoms with Crippen molar-refractivity contribution in [1.82, 2.24) is 4.98 Å². The molecule has 1 aromatic rings. The van der Waals surface area contributed by atoms with Gasteiger partial charge in [-0.15, -0.1) is 6.58 Å². The summed E-state index contributed by atoms with van der Waals surface area (Å²) < 4.78 is 0. The molecule has 0 saturated carbocycles. The number of hydrogen-bond donors (Lipinski definition) is 2. The van der Waals surface area contributed by atoms with Crippen molar-refractivity contribution in [3.63, 3.8) is 0 Å². The van der Waals surface area contributed by atoms with E-state index in [1.807, 2.05) is 24.5 Å². The lowest BCUT2D eigenvalue weighted by molar-refractivity contribution is 0.743. The number of hydrogen-bond acceptors (Lipinski definition) is 1. The van der Waals surface area contributed by atoms with Crippen LogP contribution < -0.4 is 5.73 Å². The van der Waals surface area contributed by atoms with Crippen molar-refractivity contribution in [2.45, 2.75) is 12.5 Å². The summed E-state index contributed by atoms with van der Waals surface area (Å²) in [5.74, 6) is 0. The predicted molar refractivity (Wildman–Crippen MR) is 42.5 cm³/mol. The standard InChI is InChI=1S/C8H12N2/c1-2-3-8(9)7-4-5-10-6-7/h2,4-6,8,10H,1,3,9H2/t8-/m1/s1. The third-order valence-electron chi connectivity index (χ3n) is 1.47. The molecule has 0 spiro atoms. The maximum absolute atomic E-state index is 5.76. The highest BCUT2D eigenvalue weighted by atomic mass is 14.7. The summed E-state index contributed by atoms with van der Waals surface area (Å²) in [5.41, 5.74) is 6.90. The van der Waals surface area contributed by atoms with E-state index in [4.69, 9.17) is 5.73 Å². The number of aromatic nitrogens is 1. The van der Waals surface area contributed by atoms with Gasteiger partial charge in [0, 0.05) is 18.4 Å². The minimum Gasteiger partial charge on any atom is -0.367 e. The SMILES string of the molecule is C=CC[C@@H](N)c1cc[nH]c1. The summed E-state index contributed by atoms with van der Waals surface area (Å²) >= 11 is 0. The smallest absolute Gasteiger partial charge is 0.0344 e. The van der Waals surface area contributed by atoms with Crippen LogP contribution in [0, 0.1) is 0 Å². The molecule has 2 nitrogen and oxygen atoms in total. The monoisotopic (exact) mass is 136 g/mol. The highest BCUT2D eigenvalue weighted by molar-refractivity contribution is 5.13. The van der Waals surface area contributed by atoms with Gasteiger partial charge in [-0.2, -0.15) is 0 Å². The summed E-state index contributed by atoms with van der Waals surface area (Å²) in [5, 5.41) is 0. The van der Waals surface area contributed by atoms with Gasteiger partial charge in [-0.05, 0) is 18.1 Å². The predicted octanol–water partition coefficient (Wildman–Crippen LogP) is 1.59. The second-order valence-electron chi connectivity index (χ2n) is 2.28. The molecule has 3 N–H and O–H groups in total. The van der Waals surface area contributed by atoms with Crippen LogP contribution in [0.25, 0.3) is 0 Å². The van der Waals surface area contributed by atoms with Crippen LogP contribution in [0.4, 0.5) is 0 Å². The van der Waals surface area contributed by atoms with Crippen molar-refractivity contribution >= 4 is 0 Å². The molecule has 10 heavy (non-hydrogen) atoms. The van der Waals surface area contributed by atoms with Crippen LogP contribution >= 0.6 is 0 Å². The zero-order chi connectivity index (χ0) is 7.40. The Morgan fingerprint density at radius 1 is 1.80 bits per heavy atom. The number of rotatable bonds is 3. The second kappa shape index (κ2) is 3.22. The fourth-order valence-electron chi connectivity index (χ4n) is 0.883. The van der Waals surface area contributed by atoms with Crippen LogP contribution in [0.1, 0.15) is 18.0 Å². The molecule has 0 saturated heterocycles. The number of H-pyrrole nitrogens is 1. The van der Waals surface area contributed by atoms with E-state index in [0.29, 0.717) is 0 Å². The lowest BCUT2D eigenvalue weighted by Gasteiger charge is -2.04. The Bertz CT molecular complexity index is 189. The van der Waals surface area contributed by atoms with Crippen LogP contribution in [0.3, 0.4) is 0 Å². The van der Waals surface area contributed by atoms with Crippen molar-refractivity contribution in [3.05, 3.63) is 36.7 Å². The van der Waals surface area contributed by atoms with E-state index in [1.165, 1.54) is 0 Å². The lowest BCUT2D eigenvalue weighted by atomic mass is 10.1. The molecular formula is C8H12N2. The Balaban J connectivity index is 2.58. The Labute approximate surface area is 60.8 Å². The first-order valence-electron chi connectivity index (χ1n) is 3.33. The minimum absolute atomic E-state index is 0.101. The quantitative estimate of drug-likeness (QED) is 0.609. The van der Waals surface area contributed by atoms with Crippen molar-refractivity contribution in [3.8, 4) is 0 Å². The van der Waals surface area contributed by atoms with Gasteiger partial charge in [-0.1, -0.05) is 6.08 Å². The van der Waals surface area contributed by atoms with E-state index < -0.39 is 0 Å². The van der Waals surface area contributed by atoms with E-state index in [2.05, 4.69) is 11.6 Å². The molecule has 54 valence electrons. The molecule has 0 amide bonds. The molecule has 0 aliphatic carbocycles. The zero-order valence-corrected chi connectivity index (χ0v) is 5.88. The second-order valence-corrected chi connectivity index (χ2v) is 2.28. The molecule has 0 unspecified atom stereocenters. The Morgan fingerprint density at radius 3 is 3.10 bits per heavy atom. The average molecular weight is 136 g/mol. The third kappa shape index (κ3) is 1.48. The van der Waals surface area contributed by atoms with Crippen molar-refractivity contribution in [1.29, 1.82) is 0 Å². The van der Waals surface area contributed by atoms with Gasteiger partial charge < -0.3 is 10.7 Å². The topological polar surface area (TPSA) is 41.8 Å². The van der Waals surface area contributed by atoms with Gasteiger partial charge in [0.1, 0.15) is 0 Å². The highest BCUT2D eigenvalue weighted by Gasteiger charge is 2.01. The molecule has 1 atom stereocenters. The summed E-state index contributed by atoms with van der Waals surface area (Å²) in [7, 11) is 0. The number of nitrogens with two attached hydrogens (primary N) is 1. The molecule has 2 heteroatoms. The maximum Gasteiger partial charge on any atom is 0.0344 e. The largest absolute Gasteiger partial charge is 0.367 e. The van der Waals surface area contributed by atoms with Crippen LogP contribution in [-0.2, 0) is 0 Å². The summed E-state index contributed by atoms with van der Waals surface area (Å²) in [6, 6.07) is 2.08. The Morgan fingerprint density at radius 2 is 2.60 bits per heavy atom. The van der Waals surface area contributed by atoms with E-state index >= 15 is 0 Å². The molecule has 0 aliphatic rings. The molecule has 0 radical (unpaired) electrons. The van der Waals surface area contributed by atoms with Gasteiger partial charge >= 0.3 is 0 Å². The number of nitrogens with one attached hydrogen (secondary N) is 1. The summed E-state index contributed by atoms with van der Waals surface area (Å²) in [6.07, 6.45) is 6.45. The fraction of sp³-hybridized carbons (Fsp3) is 0.250. The maximum atomic E-state index is 5.76. The fourth-order valence-corrected chi connectivity index (χ4v) is 0.883. The van der Waals surface area contributed by atoms with E-state index in [1.54, 1.807) is 0 Å². The van der Waals surface area contributed by atoms with Crippen LogP contribution in [-0.4, -0.2) is 4.98 Å². The van der Waals surface area contributed by atoms with Crippen molar-refractivity contribution in [2.75, 3.05) is 0 Å². The molecule has 1 heterocycles. The minimum atomic E-state index is 0.101. The van der Waals surface area contributed by atoms with Gasteiger partial charge in [-0.25, -0.2) is 0 Å². The van der Waals surface area contributed by atoms with Gasteiger partial charge in [0.2, 0.25) is 0 Å². The van der Waals surface area contributed by atoms with Crippen LogP contribution in [0.2, 0.25) is 0 Å². The van der Waals surface area contributed by atoms with Crippen LogP contribution in [0.5, 0.6) is 0 Å². The Hall–Kier alpha value is -1.02. The normalized spacial score (nSPS) is 12.9. The van der Waals surface area contributed by atoms with E-state index in [9.17, 15) is 0 Å². The van der Waals surface area contributed by atoms with Gasteiger partial charge in [0.15, 0.2) is 0 Å². The zero-order valence-electron chi connectivity index (χ0n) is 5.88. The molecule has 0 aliphatic heterocycles. The third-order valence-corrected chi connectivity index (χ3v) is 1.47. The molecule has 1 rings (SSSR count). The first-order valence-corrected chi connectivity index (χ1v) is 3.33. The molecular weight excluding hydrogens is 124 g/mol. The molecule has 0 fully saturated rings. The van der Waals surface area contributed by atoms with E-state index in [0.717, 1.165) is 12.0 Å². The molecule has 1 aromatic heterocycles. The lowest BCUT2D eigenvalue weighted by Crippen LogP contribution is -2.07. The number of aromatic amines is 1. The van der Waals surface area contributed by atoms with Gasteiger partial charge in [0.25, 0.3) is 0 Å². The first kappa shape index (κ1) is 7.09. The Kier molecular flexibility index (Phi) is 2.29. The summed E-state index contributed by atoms with van der Waals surface area (Å²) in [4.78, 5) is 2.95. The average Bonchev–Trinajstić information content (AvgIpc) is 2.38. The first-order chi connectivity index (χ1) is 4.84. The van der Waals surface area contributed by atoms with Crippen LogP contribution in [0.15, 0.2) is 31.1 Å². The van der Waals surface area contributed by atoms with E-state index in [-0.39, 0.29) is 6.04 Å². The van der Waals surface area contributed by atoms with Gasteiger partial charge in [0.05, 0.1) is 0 Å². The molecule has 0 aromatic carbocycles. The van der Waals surface area contributed by atoms with Gasteiger partial charge in [-0.3, -0.25) is 0 Å². The van der Waals surface area contributed by atoms with Crippen molar-refractivity contribution in [2.24, 2.45) is 5.73 Å². The molecule has 0 bridgehead atoms.